The van der Waals surface area contributed by atoms with Crippen LogP contribution in [0.25, 0.3) is 0 Å². The number of pyridine rings is 1. The molecule has 3 aromatic rings. The van der Waals surface area contributed by atoms with Gasteiger partial charge in [0.25, 0.3) is 11.8 Å². The topological polar surface area (TPSA) is 67.2 Å². The zero-order valence-electron chi connectivity index (χ0n) is 17.1. The zero-order valence-corrected chi connectivity index (χ0v) is 17.1. The Bertz CT molecular complexity index is 1200. The van der Waals surface area contributed by atoms with Crippen LogP contribution in [0.3, 0.4) is 0 Å². The summed E-state index contributed by atoms with van der Waals surface area (Å²) in [5.74, 6) is -1.91. The Morgan fingerprint density at radius 2 is 1.84 bits per heavy atom. The first kappa shape index (κ1) is 21.5. The third-order valence-electron chi connectivity index (χ3n) is 5.22. The minimum absolute atomic E-state index is 0.0255. The molecule has 0 spiro atoms. The van der Waals surface area contributed by atoms with Crippen molar-refractivity contribution in [2.24, 2.45) is 0 Å². The van der Waals surface area contributed by atoms with Crippen LogP contribution in [0.5, 0.6) is 0 Å². The Morgan fingerprint density at radius 1 is 1.16 bits per heavy atom. The number of fused-ring (bicyclic) bond motifs is 1. The molecule has 2 aromatic heterocycles. The lowest BCUT2D eigenvalue weighted by atomic mass is 10.1. The van der Waals surface area contributed by atoms with Gasteiger partial charge in [0.2, 0.25) is 0 Å². The zero-order chi connectivity index (χ0) is 23.2. The molecule has 0 bridgehead atoms. The largest absolute Gasteiger partial charge is 0.416 e. The average Bonchev–Trinajstić information content (AvgIpc) is 3.06. The van der Waals surface area contributed by atoms with Crippen molar-refractivity contribution >= 4 is 23.2 Å². The predicted molar refractivity (Wildman–Crippen MR) is 109 cm³/mol. The fraction of sp³-hybridized carbons (Fsp3) is 0.227. The molecule has 4 rings (SSSR count). The molecular formula is C22H18F4N4O2. The smallest absolute Gasteiger partial charge is 0.320 e. The molecule has 166 valence electrons. The highest BCUT2D eigenvalue weighted by Crippen LogP contribution is 2.35. The monoisotopic (exact) mass is 446 g/mol. The van der Waals surface area contributed by atoms with Crippen molar-refractivity contribution in [3.8, 4) is 0 Å². The van der Waals surface area contributed by atoms with Crippen LogP contribution in [0.4, 0.5) is 28.9 Å². The van der Waals surface area contributed by atoms with Crippen LogP contribution in [0.1, 0.15) is 44.9 Å². The van der Waals surface area contributed by atoms with Crippen LogP contribution < -0.4 is 10.2 Å². The van der Waals surface area contributed by atoms with Gasteiger partial charge in [0, 0.05) is 30.7 Å². The highest BCUT2D eigenvalue weighted by molar-refractivity contribution is 6.13. The molecule has 0 unspecified atom stereocenters. The molecule has 0 saturated heterocycles. The van der Waals surface area contributed by atoms with Gasteiger partial charge in [-0.15, -0.1) is 0 Å². The lowest BCUT2D eigenvalue weighted by Gasteiger charge is -2.33. The van der Waals surface area contributed by atoms with Crippen LogP contribution >= 0.6 is 0 Å². The molecule has 1 aromatic carbocycles. The Labute approximate surface area is 180 Å². The molecule has 1 atom stereocenters. The van der Waals surface area contributed by atoms with E-state index in [-0.39, 0.29) is 29.2 Å². The summed E-state index contributed by atoms with van der Waals surface area (Å²) in [6.07, 6.45) is -1.58. The van der Waals surface area contributed by atoms with E-state index in [2.05, 4.69) is 10.3 Å². The molecule has 0 fully saturated rings. The van der Waals surface area contributed by atoms with Crippen molar-refractivity contribution in [1.82, 2.24) is 9.55 Å². The molecule has 0 radical (unpaired) electrons. The van der Waals surface area contributed by atoms with E-state index in [1.807, 2.05) is 0 Å². The summed E-state index contributed by atoms with van der Waals surface area (Å²) in [6.45, 7) is 3.49. The summed E-state index contributed by atoms with van der Waals surface area (Å²) in [6, 6.07) is 6.29. The van der Waals surface area contributed by atoms with Gasteiger partial charge in [-0.1, -0.05) is 0 Å². The predicted octanol–water partition coefficient (Wildman–Crippen LogP) is 4.82. The molecule has 0 aliphatic carbocycles. The van der Waals surface area contributed by atoms with Crippen molar-refractivity contribution in [2.75, 3.05) is 16.8 Å². The first-order valence-corrected chi connectivity index (χ1v) is 9.69. The van der Waals surface area contributed by atoms with E-state index in [4.69, 9.17) is 0 Å². The SMILES string of the molecule is Cc1cncc(C(=O)Nc2cc(F)n3c2C(=O)N(c2ccc(C(F)(F)F)cc2)C[C@@H]3C)c1. The van der Waals surface area contributed by atoms with Crippen molar-refractivity contribution in [3.63, 3.8) is 0 Å². The van der Waals surface area contributed by atoms with Crippen LogP contribution in [0, 0.1) is 12.9 Å². The molecule has 2 amide bonds. The number of carbonyl (C=O) groups excluding carboxylic acids is 2. The van der Waals surface area contributed by atoms with Gasteiger partial charge in [-0.25, -0.2) is 0 Å². The minimum Gasteiger partial charge on any atom is -0.320 e. The van der Waals surface area contributed by atoms with Gasteiger partial charge in [0.1, 0.15) is 5.69 Å². The normalized spacial score (nSPS) is 16.1. The fourth-order valence-electron chi connectivity index (χ4n) is 3.72. The molecule has 0 saturated carbocycles. The lowest BCUT2D eigenvalue weighted by molar-refractivity contribution is -0.137. The number of hydrogen-bond donors (Lipinski definition) is 1. The molecule has 10 heteroatoms. The van der Waals surface area contributed by atoms with Crippen LogP contribution in [-0.4, -0.2) is 27.9 Å². The van der Waals surface area contributed by atoms with E-state index >= 15 is 0 Å². The number of anilines is 2. The quantitative estimate of drug-likeness (QED) is 0.587. The average molecular weight is 446 g/mol. The lowest BCUT2D eigenvalue weighted by Crippen LogP contribution is -2.43. The molecular weight excluding hydrogens is 428 g/mol. The Morgan fingerprint density at radius 3 is 2.47 bits per heavy atom. The minimum atomic E-state index is -4.50. The number of hydrogen-bond acceptors (Lipinski definition) is 3. The first-order chi connectivity index (χ1) is 15.1. The van der Waals surface area contributed by atoms with Gasteiger partial charge in [0.15, 0.2) is 5.95 Å². The standard InChI is InChI=1S/C22H18F4N4O2/c1-12-7-14(10-27-9-12)20(31)28-17-8-18(23)30-13(2)11-29(21(32)19(17)30)16-5-3-15(4-6-16)22(24,25)26/h3-10,13H,11H2,1-2H3,(H,28,31)/t13-/m0/s1. The highest BCUT2D eigenvalue weighted by atomic mass is 19.4. The number of halogens is 4. The number of aromatic nitrogens is 2. The second-order valence-electron chi connectivity index (χ2n) is 7.61. The van der Waals surface area contributed by atoms with E-state index in [9.17, 15) is 27.2 Å². The summed E-state index contributed by atoms with van der Waals surface area (Å²) in [5.41, 5.74) is 0.274. The van der Waals surface area contributed by atoms with Crippen molar-refractivity contribution in [3.05, 3.63) is 77.1 Å². The van der Waals surface area contributed by atoms with Gasteiger partial charge < -0.3 is 14.8 Å². The number of carbonyl (C=O) groups is 2. The Hall–Kier alpha value is -3.69. The maximum Gasteiger partial charge on any atom is 0.416 e. The van der Waals surface area contributed by atoms with Gasteiger partial charge in [-0.2, -0.15) is 17.6 Å². The van der Waals surface area contributed by atoms with Gasteiger partial charge in [-0.05, 0) is 49.7 Å². The van der Waals surface area contributed by atoms with E-state index in [1.54, 1.807) is 26.1 Å². The number of alkyl halides is 3. The second-order valence-corrected chi connectivity index (χ2v) is 7.61. The number of nitrogens with zero attached hydrogens (tertiary/aromatic N) is 3. The van der Waals surface area contributed by atoms with Crippen molar-refractivity contribution in [1.29, 1.82) is 0 Å². The summed E-state index contributed by atoms with van der Waals surface area (Å²) in [4.78, 5) is 31.0. The van der Waals surface area contributed by atoms with Gasteiger partial charge in [-0.3, -0.25) is 14.6 Å². The summed E-state index contributed by atoms with van der Waals surface area (Å²) >= 11 is 0. The van der Waals surface area contributed by atoms with Crippen LogP contribution in [0.15, 0.2) is 48.8 Å². The highest BCUT2D eigenvalue weighted by Gasteiger charge is 2.36. The second kappa shape index (κ2) is 7.77. The van der Waals surface area contributed by atoms with E-state index in [0.717, 1.165) is 23.8 Å². The Balaban J connectivity index is 1.68. The maximum atomic E-state index is 14.6. The number of aryl methyl sites for hydroxylation is 1. The molecule has 32 heavy (non-hydrogen) atoms. The summed E-state index contributed by atoms with van der Waals surface area (Å²) in [5, 5.41) is 2.55. The third kappa shape index (κ3) is 3.83. The number of benzene rings is 1. The third-order valence-corrected chi connectivity index (χ3v) is 5.22. The molecule has 1 N–H and O–H groups in total. The molecule has 6 nitrogen and oxygen atoms in total. The number of rotatable bonds is 3. The van der Waals surface area contributed by atoms with Gasteiger partial charge >= 0.3 is 6.18 Å². The number of amides is 2. The first-order valence-electron chi connectivity index (χ1n) is 9.69. The molecule has 3 heterocycles. The van der Waals surface area contributed by atoms with E-state index < -0.39 is 35.5 Å². The van der Waals surface area contributed by atoms with Crippen molar-refractivity contribution < 1.29 is 27.2 Å². The maximum absolute atomic E-state index is 14.6. The number of nitrogens with one attached hydrogen (secondary N) is 1. The van der Waals surface area contributed by atoms with Crippen molar-refractivity contribution in [2.45, 2.75) is 26.1 Å². The summed E-state index contributed by atoms with van der Waals surface area (Å²) < 4.78 is 54.4. The summed E-state index contributed by atoms with van der Waals surface area (Å²) in [7, 11) is 0. The van der Waals surface area contributed by atoms with E-state index in [1.165, 1.54) is 27.8 Å². The molecule has 1 aliphatic heterocycles. The Kier molecular flexibility index (Phi) is 5.23. The van der Waals surface area contributed by atoms with Gasteiger partial charge in [0.05, 0.1) is 22.9 Å². The van der Waals surface area contributed by atoms with Crippen LogP contribution in [0.2, 0.25) is 0 Å². The van der Waals surface area contributed by atoms with E-state index in [0.29, 0.717) is 0 Å². The fourth-order valence-corrected chi connectivity index (χ4v) is 3.72. The molecule has 1 aliphatic rings. The van der Waals surface area contributed by atoms with Crippen LogP contribution in [-0.2, 0) is 6.18 Å².